The van der Waals surface area contributed by atoms with E-state index in [1.54, 1.807) is 6.33 Å². The van der Waals surface area contributed by atoms with E-state index in [0.29, 0.717) is 11.8 Å². The molecule has 2 rings (SSSR count). The Kier molecular flexibility index (Phi) is 2.80. The van der Waals surface area contributed by atoms with Gasteiger partial charge in [0, 0.05) is 19.1 Å². The van der Waals surface area contributed by atoms with Crippen molar-refractivity contribution in [2.45, 2.75) is 18.8 Å². The molecule has 1 fully saturated rings. The number of ether oxygens (including phenoxy) is 1. The van der Waals surface area contributed by atoms with Gasteiger partial charge in [0.1, 0.15) is 12.2 Å². The zero-order valence-electron chi connectivity index (χ0n) is 7.32. The van der Waals surface area contributed by atoms with E-state index in [-0.39, 0.29) is 0 Å². The van der Waals surface area contributed by atoms with Crippen LogP contribution in [-0.4, -0.2) is 28.0 Å². The van der Waals surface area contributed by atoms with Gasteiger partial charge in [-0.1, -0.05) is 0 Å². The van der Waals surface area contributed by atoms with Crippen molar-refractivity contribution in [2.24, 2.45) is 5.92 Å². The van der Waals surface area contributed by atoms with Crippen LogP contribution in [-0.2, 0) is 17.2 Å². The smallest absolute Gasteiger partial charge is 0.141 e. The normalized spacial score (nSPS) is 22.4. The molecule has 0 aliphatic carbocycles. The van der Waals surface area contributed by atoms with E-state index in [9.17, 15) is 0 Å². The molecule has 4 nitrogen and oxygen atoms in total. The molecule has 13 heavy (non-hydrogen) atoms. The van der Waals surface area contributed by atoms with Crippen LogP contribution in [0.2, 0.25) is 0 Å². The van der Waals surface area contributed by atoms with Crippen LogP contribution in [0.3, 0.4) is 0 Å². The van der Waals surface area contributed by atoms with E-state index in [1.165, 1.54) is 0 Å². The number of rotatable bonds is 3. The Morgan fingerprint density at radius 3 is 3.31 bits per heavy atom. The lowest BCUT2D eigenvalue weighted by Crippen LogP contribution is -2.13. The fourth-order valence-electron chi connectivity index (χ4n) is 1.52. The zero-order valence-corrected chi connectivity index (χ0v) is 8.07. The van der Waals surface area contributed by atoms with E-state index in [4.69, 9.17) is 16.3 Å². The lowest BCUT2D eigenvalue weighted by atomic mass is 10.1. The predicted molar refractivity (Wildman–Crippen MR) is 48.5 cm³/mol. The Bertz CT molecular complexity index is 270. The monoisotopic (exact) mass is 201 g/mol. The van der Waals surface area contributed by atoms with Crippen LogP contribution < -0.4 is 0 Å². The summed E-state index contributed by atoms with van der Waals surface area (Å²) in [6, 6.07) is 0. The molecule has 0 N–H and O–H groups in total. The SMILES string of the molecule is ClCc1ncnn1CC1CCOC1. The second kappa shape index (κ2) is 4.07. The first-order valence-electron chi connectivity index (χ1n) is 4.40. The van der Waals surface area contributed by atoms with E-state index in [2.05, 4.69) is 10.1 Å². The van der Waals surface area contributed by atoms with Crippen molar-refractivity contribution in [3.8, 4) is 0 Å². The molecule has 72 valence electrons. The summed E-state index contributed by atoms with van der Waals surface area (Å²) in [5.41, 5.74) is 0. The molecule has 0 bridgehead atoms. The quantitative estimate of drug-likeness (QED) is 0.687. The lowest BCUT2D eigenvalue weighted by Gasteiger charge is -2.08. The molecule has 1 aliphatic rings. The van der Waals surface area contributed by atoms with Crippen LogP contribution in [0.1, 0.15) is 12.2 Å². The highest BCUT2D eigenvalue weighted by Gasteiger charge is 2.17. The van der Waals surface area contributed by atoms with E-state index in [1.807, 2.05) is 4.68 Å². The molecule has 1 atom stereocenters. The van der Waals surface area contributed by atoms with Gasteiger partial charge in [-0.25, -0.2) is 9.67 Å². The summed E-state index contributed by atoms with van der Waals surface area (Å²) >= 11 is 5.70. The Labute approximate surface area is 81.9 Å². The largest absolute Gasteiger partial charge is 0.381 e. The van der Waals surface area contributed by atoms with Gasteiger partial charge in [0.25, 0.3) is 0 Å². The van der Waals surface area contributed by atoms with Gasteiger partial charge in [0.15, 0.2) is 0 Å². The zero-order chi connectivity index (χ0) is 9.10. The highest BCUT2D eigenvalue weighted by molar-refractivity contribution is 6.16. The van der Waals surface area contributed by atoms with Crippen molar-refractivity contribution < 1.29 is 4.74 Å². The minimum atomic E-state index is 0.424. The number of nitrogens with zero attached hydrogens (tertiary/aromatic N) is 3. The second-order valence-electron chi connectivity index (χ2n) is 3.22. The summed E-state index contributed by atoms with van der Waals surface area (Å²) in [4.78, 5) is 4.06. The van der Waals surface area contributed by atoms with Crippen LogP contribution >= 0.6 is 11.6 Å². The van der Waals surface area contributed by atoms with Crippen LogP contribution in [0.25, 0.3) is 0 Å². The van der Waals surface area contributed by atoms with Gasteiger partial charge in [-0.3, -0.25) is 0 Å². The Balaban J connectivity index is 1.99. The van der Waals surface area contributed by atoms with E-state index < -0.39 is 0 Å². The van der Waals surface area contributed by atoms with Crippen molar-refractivity contribution in [1.82, 2.24) is 14.8 Å². The van der Waals surface area contributed by atoms with Gasteiger partial charge in [0.05, 0.1) is 12.5 Å². The lowest BCUT2D eigenvalue weighted by molar-refractivity contribution is 0.181. The average molecular weight is 202 g/mol. The number of halogens is 1. The van der Waals surface area contributed by atoms with Gasteiger partial charge in [-0.2, -0.15) is 5.10 Å². The van der Waals surface area contributed by atoms with Gasteiger partial charge in [-0.05, 0) is 6.42 Å². The Morgan fingerprint density at radius 2 is 2.62 bits per heavy atom. The van der Waals surface area contributed by atoms with Crippen LogP contribution in [0.15, 0.2) is 6.33 Å². The molecule has 1 unspecified atom stereocenters. The number of aromatic nitrogens is 3. The molecule has 1 aliphatic heterocycles. The van der Waals surface area contributed by atoms with Crippen molar-refractivity contribution in [3.63, 3.8) is 0 Å². The molecule has 0 aromatic carbocycles. The molecule has 1 saturated heterocycles. The maximum atomic E-state index is 5.70. The molecule has 2 heterocycles. The molecule has 1 aromatic rings. The standard InChI is InChI=1S/C8H12ClN3O/c9-3-8-10-6-11-12(8)4-7-1-2-13-5-7/h6-7H,1-5H2. The average Bonchev–Trinajstić information content (AvgIpc) is 2.76. The Morgan fingerprint density at radius 1 is 1.69 bits per heavy atom. The van der Waals surface area contributed by atoms with Crippen molar-refractivity contribution in [2.75, 3.05) is 13.2 Å². The first-order chi connectivity index (χ1) is 6.40. The molecule has 5 heteroatoms. The van der Waals surface area contributed by atoms with E-state index >= 15 is 0 Å². The molecule has 0 amide bonds. The molecular formula is C8H12ClN3O. The van der Waals surface area contributed by atoms with Gasteiger partial charge >= 0.3 is 0 Å². The fourth-order valence-corrected chi connectivity index (χ4v) is 1.72. The molecule has 1 aromatic heterocycles. The van der Waals surface area contributed by atoms with Crippen molar-refractivity contribution in [3.05, 3.63) is 12.2 Å². The molecule has 0 radical (unpaired) electrons. The van der Waals surface area contributed by atoms with Gasteiger partial charge < -0.3 is 4.74 Å². The topological polar surface area (TPSA) is 39.9 Å². The predicted octanol–water partition coefficient (Wildman–Crippen LogP) is 1.05. The first-order valence-corrected chi connectivity index (χ1v) is 4.94. The summed E-state index contributed by atoms with van der Waals surface area (Å²) in [5, 5.41) is 4.12. The second-order valence-corrected chi connectivity index (χ2v) is 3.49. The third-order valence-corrected chi connectivity index (χ3v) is 2.51. The van der Waals surface area contributed by atoms with Crippen LogP contribution in [0.4, 0.5) is 0 Å². The Hall–Kier alpha value is -0.610. The minimum absolute atomic E-state index is 0.424. The van der Waals surface area contributed by atoms with Gasteiger partial charge in [-0.15, -0.1) is 11.6 Å². The van der Waals surface area contributed by atoms with Gasteiger partial charge in [0.2, 0.25) is 0 Å². The molecule has 0 saturated carbocycles. The number of hydrogen-bond donors (Lipinski definition) is 0. The summed E-state index contributed by atoms with van der Waals surface area (Å²) in [5.74, 6) is 1.84. The maximum absolute atomic E-state index is 5.70. The third kappa shape index (κ3) is 2.00. The fraction of sp³-hybridized carbons (Fsp3) is 0.750. The third-order valence-electron chi connectivity index (χ3n) is 2.27. The van der Waals surface area contributed by atoms with Crippen LogP contribution in [0.5, 0.6) is 0 Å². The van der Waals surface area contributed by atoms with Crippen molar-refractivity contribution in [1.29, 1.82) is 0 Å². The van der Waals surface area contributed by atoms with E-state index in [0.717, 1.165) is 32.0 Å². The summed E-state index contributed by atoms with van der Waals surface area (Å²) in [6.45, 7) is 2.58. The van der Waals surface area contributed by atoms with Crippen LogP contribution in [0, 0.1) is 5.92 Å². The highest BCUT2D eigenvalue weighted by Crippen LogP contribution is 2.15. The maximum Gasteiger partial charge on any atom is 0.141 e. The minimum Gasteiger partial charge on any atom is -0.381 e. The first kappa shape index (κ1) is 8.97. The molecule has 0 spiro atoms. The summed E-state index contributed by atoms with van der Waals surface area (Å²) < 4.78 is 7.15. The van der Waals surface area contributed by atoms with Crippen molar-refractivity contribution >= 4 is 11.6 Å². The highest BCUT2D eigenvalue weighted by atomic mass is 35.5. The summed E-state index contributed by atoms with van der Waals surface area (Å²) in [6.07, 6.45) is 2.66. The number of alkyl halides is 1. The molecular weight excluding hydrogens is 190 g/mol. The summed E-state index contributed by atoms with van der Waals surface area (Å²) in [7, 11) is 0. The number of hydrogen-bond acceptors (Lipinski definition) is 3.